The van der Waals surface area contributed by atoms with E-state index in [9.17, 15) is 9.59 Å². The molecular formula is C25H33N3O4S. The number of para-hydroxylation sites is 1. The molecule has 0 aromatic heterocycles. The first-order valence-corrected chi connectivity index (χ1v) is 11.5. The van der Waals surface area contributed by atoms with Gasteiger partial charge in [-0.25, -0.2) is 0 Å². The summed E-state index contributed by atoms with van der Waals surface area (Å²) in [5, 5.41) is 2.52. The van der Waals surface area contributed by atoms with Gasteiger partial charge in [-0.2, -0.15) is 0 Å². The molecule has 3 N–H and O–H groups in total. The van der Waals surface area contributed by atoms with E-state index in [1.165, 1.54) is 0 Å². The zero-order valence-electron chi connectivity index (χ0n) is 19.6. The molecule has 0 unspecified atom stereocenters. The Kier molecular flexibility index (Phi) is 10.6. The van der Waals surface area contributed by atoms with Crippen LogP contribution in [0.15, 0.2) is 48.5 Å². The van der Waals surface area contributed by atoms with Gasteiger partial charge in [-0.15, -0.1) is 0 Å². The van der Waals surface area contributed by atoms with Crippen LogP contribution < -0.4 is 25.6 Å². The van der Waals surface area contributed by atoms with E-state index < -0.39 is 11.8 Å². The van der Waals surface area contributed by atoms with E-state index in [1.54, 1.807) is 48.5 Å². The molecule has 0 saturated heterocycles. The van der Waals surface area contributed by atoms with Gasteiger partial charge in [0.05, 0.1) is 18.8 Å². The number of thiocarbonyl (C=S) groups is 1. The lowest BCUT2D eigenvalue weighted by molar-refractivity contribution is 0.0933. The first-order chi connectivity index (χ1) is 15.8. The minimum Gasteiger partial charge on any atom is -0.494 e. The number of carbonyl (C=O) groups is 2. The highest BCUT2D eigenvalue weighted by atomic mass is 32.1. The summed E-state index contributed by atoms with van der Waals surface area (Å²) in [6.07, 6.45) is 1.84. The van der Waals surface area contributed by atoms with Crippen LogP contribution in [0.25, 0.3) is 0 Å². The molecule has 0 aliphatic heterocycles. The van der Waals surface area contributed by atoms with Crippen molar-refractivity contribution in [3.05, 3.63) is 59.7 Å². The Morgan fingerprint density at radius 1 is 0.818 bits per heavy atom. The molecule has 2 aromatic rings. The zero-order chi connectivity index (χ0) is 24.2. The molecule has 0 fully saturated rings. The van der Waals surface area contributed by atoms with E-state index in [1.807, 2.05) is 0 Å². The van der Waals surface area contributed by atoms with E-state index >= 15 is 0 Å². The van der Waals surface area contributed by atoms with Gasteiger partial charge in [-0.1, -0.05) is 39.8 Å². The first-order valence-electron chi connectivity index (χ1n) is 11.1. The lowest BCUT2D eigenvalue weighted by Crippen LogP contribution is -2.48. The maximum absolute atomic E-state index is 12.6. The summed E-state index contributed by atoms with van der Waals surface area (Å²) in [5.41, 5.74) is 5.82. The fourth-order valence-corrected chi connectivity index (χ4v) is 2.83. The predicted molar refractivity (Wildman–Crippen MR) is 133 cm³/mol. The SMILES string of the molecule is CC(C)CCOc1ccc(C(=O)NNC(=S)NC(=O)c2ccccc2OCCC(C)C)cc1. The average Bonchev–Trinajstić information content (AvgIpc) is 2.77. The number of carbonyl (C=O) groups excluding carboxylic acids is 2. The van der Waals surface area contributed by atoms with Gasteiger partial charge < -0.3 is 9.47 Å². The van der Waals surface area contributed by atoms with Crippen molar-refractivity contribution in [2.24, 2.45) is 11.8 Å². The van der Waals surface area contributed by atoms with Crippen molar-refractivity contribution in [2.45, 2.75) is 40.5 Å². The third-order valence-electron chi connectivity index (χ3n) is 4.68. The van der Waals surface area contributed by atoms with Gasteiger partial charge in [0.2, 0.25) is 0 Å². The highest BCUT2D eigenvalue weighted by molar-refractivity contribution is 7.80. The predicted octanol–water partition coefficient (Wildman–Crippen LogP) is 4.49. The molecule has 0 aliphatic carbocycles. The van der Waals surface area contributed by atoms with Crippen LogP contribution in [-0.2, 0) is 0 Å². The molecule has 0 bridgehead atoms. The number of ether oxygens (including phenoxy) is 2. The number of amides is 2. The van der Waals surface area contributed by atoms with E-state index in [2.05, 4.69) is 43.9 Å². The minimum absolute atomic E-state index is 0.0287. The fraction of sp³-hybridized carbons (Fsp3) is 0.400. The Hall–Kier alpha value is -3.13. The monoisotopic (exact) mass is 471 g/mol. The van der Waals surface area contributed by atoms with Crippen molar-refractivity contribution in [2.75, 3.05) is 13.2 Å². The average molecular weight is 472 g/mol. The summed E-state index contributed by atoms with van der Waals surface area (Å²) in [5.74, 6) is 1.44. The van der Waals surface area contributed by atoms with Crippen molar-refractivity contribution in [1.29, 1.82) is 0 Å². The number of hydrazine groups is 1. The summed E-state index contributed by atoms with van der Waals surface area (Å²) in [6.45, 7) is 9.63. The van der Waals surface area contributed by atoms with Crippen LogP contribution in [0.5, 0.6) is 11.5 Å². The van der Waals surface area contributed by atoms with Crippen molar-refractivity contribution >= 4 is 29.1 Å². The molecule has 33 heavy (non-hydrogen) atoms. The Bertz CT molecular complexity index is 930. The lowest BCUT2D eigenvalue weighted by Gasteiger charge is -2.14. The Balaban J connectivity index is 1.83. The van der Waals surface area contributed by atoms with Gasteiger partial charge in [0.15, 0.2) is 5.11 Å². The standard InChI is InChI=1S/C25H33N3O4S/c1-17(2)13-15-31-20-11-9-19(10-12-20)23(29)27-28-25(33)26-24(30)21-7-5-6-8-22(21)32-16-14-18(3)4/h5-12,17-18H,13-16H2,1-4H3,(H,27,29)(H2,26,28,30,33). The summed E-state index contributed by atoms with van der Waals surface area (Å²) in [6, 6.07) is 13.8. The highest BCUT2D eigenvalue weighted by Crippen LogP contribution is 2.18. The number of rotatable bonds is 10. The second-order valence-electron chi connectivity index (χ2n) is 8.44. The second-order valence-corrected chi connectivity index (χ2v) is 8.85. The van der Waals surface area contributed by atoms with E-state index in [0.717, 1.165) is 12.8 Å². The third-order valence-corrected chi connectivity index (χ3v) is 4.89. The van der Waals surface area contributed by atoms with Gasteiger partial charge in [-0.05, 0) is 73.3 Å². The van der Waals surface area contributed by atoms with E-state index in [-0.39, 0.29) is 5.11 Å². The van der Waals surface area contributed by atoms with Crippen molar-refractivity contribution in [3.8, 4) is 11.5 Å². The second kappa shape index (κ2) is 13.4. The topological polar surface area (TPSA) is 88.7 Å². The van der Waals surface area contributed by atoms with E-state index in [0.29, 0.717) is 47.7 Å². The van der Waals surface area contributed by atoms with Gasteiger partial charge in [0.1, 0.15) is 11.5 Å². The maximum atomic E-state index is 12.6. The van der Waals surface area contributed by atoms with Gasteiger partial charge in [0, 0.05) is 5.56 Å². The highest BCUT2D eigenvalue weighted by Gasteiger charge is 2.14. The number of nitrogens with one attached hydrogen (secondary N) is 3. The Morgan fingerprint density at radius 3 is 2.06 bits per heavy atom. The number of hydrogen-bond acceptors (Lipinski definition) is 5. The van der Waals surface area contributed by atoms with Crippen molar-refractivity contribution in [3.63, 3.8) is 0 Å². The molecule has 0 heterocycles. The Morgan fingerprint density at radius 2 is 1.42 bits per heavy atom. The molecule has 0 aliphatic rings. The van der Waals surface area contributed by atoms with Crippen LogP contribution in [0.3, 0.4) is 0 Å². The smallest absolute Gasteiger partial charge is 0.269 e. The summed E-state index contributed by atoms with van der Waals surface area (Å²) in [4.78, 5) is 24.9. The largest absolute Gasteiger partial charge is 0.494 e. The molecule has 7 nitrogen and oxygen atoms in total. The molecule has 0 saturated carbocycles. The van der Waals surface area contributed by atoms with Crippen molar-refractivity contribution in [1.82, 2.24) is 16.2 Å². The third kappa shape index (κ3) is 9.49. The van der Waals surface area contributed by atoms with Crippen LogP contribution in [0.1, 0.15) is 61.3 Å². The molecule has 178 valence electrons. The van der Waals surface area contributed by atoms with E-state index in [4.69, 9.17) is 21.7 Å². The van der Waals surface area contributed by atoms with Gasteiger partial charge >= 0.3 is 0 Å². The summed E-state index contributed by atoms with van der Waals surface area (Å²) < 4.78 is 11.4. The van der Waals surface area contributed by atoms with Crippen LogP contribution in [0, 0.1) is 11.8 Å². The molecule has 2 amide bonds. The van der Waals surface area contributed by atoms with Crippen LogP contribution in [0.2, 0.25) is 0 Å². The molecule has 2 aromatic carbocycles. The van der Waals surface area contributed by atoms with Crippen LogP contribution in [0.4, 0.5) is 0 Å². The first kappa shape index (κ1) is 26.1. The van der Waals surface area contributed by atoms with Crippen LogP contribution >= 0.6 is 12.2 Å². The summed E-state index contributed by atoms with van der Waals surface area (Å²) >= 11 is 5.13. The van der Waals surface area contributed by atoms with Gasteiger partial charge in [0.25, 0.3) is 11.8 Å². The Labute approximate surface area is 201 Å². The number of hydrogen-bond donors (Lipinski definition) is 3. The minimum atomic E-state index is -0.426. The van der Waals surface area contributed by atoms with Gasteiger partial charge in [-0.3, -0.25) is 25.8 Å². The zero-order valence-corrected chi connectivity index (χ0v) is 20.5. The fourth-order valence-electron chi connectivity index (χ4n) is 2.69. The molecule has 8 heteroatoms. The molecule has 2 rings (SSSR count). The summed E-state index contributed by atoms with van der Waals surface area (Å²) in [7, 11) is 0. The quantitative estimate of drug-likeness (QED) is 0.350. The molecule has 0 atom stereocenters. The number of benzene rings is 2. The van der Waals surface area contributed by atoms with Crippen molar-refractivity contribution < 1.29 is 19.1 Å². The van der Waals surface area contributed by atoms with Crippen LogP contribution in [-0.4, -0.2) is 30.1 Å². The maximum Gasteiger partial charge on any atom is 0.269 e. The normalized spacial score (nSPS) is 10.6. The molecular weight excluding hydrogens is 438 g/mol. The molecule has 0 spiro atoms. The lowest BCUT2D eigenvalue weighted by atomic mass is 10.1. The molecule has 0 radical (unpaired) electrons.